The van der Waals surface area contributed by atoms with E-state index in [0.717, 1.165) is 12.8 Å². The number of halogens is 4. The minimum atomic E-state index is -4.74. The van der Waals surface area contributed by atoms with Crippen LogP contribution in [0.5, 0.6) is 5.75 Å². The van der Waals surface area contributed by atoms with Gasteiger partial charge in [-0.15, -0.1) is 0 Å². The standard InChI is InChI=1S/C19H15ClF3N5O3/c20-12-5-3-11(4-6-12)15-13(30-9-10-1-2-10)7-24-16(27-15)17(29)25-8-14-26-18(28-31-14)19(21,22)23/h3-7,10H,1-2,8-9H2,(H,25,29). The zero-order valence-electron chi connectivity index (χ0n) is 15.8. The van der Waals surface area contributed by atoms with E-state index in [1.807, 2.05) is 0 Å². The molecule has 2 heterocycles. The maximum atomic E-state index is 12.5. The SMILES string of the molecule is O=C(NCc1nc(C(F)(F)F)no1)c1ncc(OCC2CC2)c(-c2ccc(Cl)cc2)n1. The minimum Gasteiger partial charge on any atom is -0.489 e. The number of nitrogens with zero attached hydrogens (tertiary/aromatic N) is 4. The van der Waals surface area contributed by atoms with Crippen LogP contribution in [0.2, 0.25) is 5.02 Å². The van der Waals surface area contributed by atoms with Gasteiger partial charge in [0.2, 0.25) is 11.7 Å². The summed E-state index contributed by atoms with van der Waals surface area (Å²) in [6.45, 7) is 0.107. The summed E-state index contributed by atoms with van der Waals surface area (Å²) >= 11 is 5.94. The lowest BCUT2D eigenvalue weighted by Crippen LogP contribution is -2.25. The van der Waals surface area contributed by atoms with Gasteiger partial charge in [0.15, 0.2) is 5.75 Å². The fraction of sp³-hybridized carbons (Fsp3) is 0.316. The maximum absolute atomic E-state index is 12.5. The topological polar surface area (TPSA) is 103 Å². The molecule has 2 aromatic heterocycles. The summed E-state index contributed by atoms with van der Waals surface area (Å²) < 4.78 is 47.9. The van der Waals surface area contributed by atoms with Crippen molar-refractivity contribution in [2.45, 2.75) is 25.6 Å². The lowest BCUT2D eigenvalue weighted by molar-refractivity contribution is -0.146. The van der Waals surface area contributed by atoms with Gasteiger partial charge in [-0.2, -0.15) is 18.2 Å². The van der Waals surface area contributed by atoms with Crippen LogP contribution in [-0.4, -0.2) is 32.6 Å². The van der Waals surface area contributed by atoms with Crippen LogP contribution in [0.4, 0.5) is 13.2 Å². The number of aromatic nitrogens is 4. The highest BCUT2D eigenvalue weighted by Gasteiger charge is 2.37. The van der Waals surface area contributed by atoms with Gasteiger partial charge in [0, 0.05) is 10.6 Å². The number of carbonyl (C=O) groups excluding carboxylic acids is 1. The molecule has 4 rings (SSSR count). The Bertz CT molecular complexity index is 1080. The second-order valence-corrected chi connectivity index (χ2v) is 7.30. The van der Waals surface area contributed by atoms with Crippen molar-refractivity contribution in [3.8, 4) is 17.0 Å². The second kappa shape index (κ2) is 8.50. The van der Waals surface area contributed by atoms with Crippen molar-refractivity contribution >= 4 is 17.5 Å². The molecule has 1 aromatic carbocycles. The number of rotatable bonds is 7. The molecule has 162 valence electrons. The van der Waals surface area contributed by atoms with Gasteiger partial charge >= 0.3 is 6.18 Å². The Morgan fingerprint density at radius 3 is 2.61 bits per heavy atom. The highest BCUT2D eigenvalue weighted by molar-refractivity contribution is 6.30. The Morgan fingerprint density at radius 1 is 1.23 bits per heavy atom. The molecule has 3 aromatic rings. The lowest BCUT2D eigenvalue weighted by Gasteiger charge is -2.12. The van der Waals surface area contributed by atoms with Crippen molar-refractivity contribution in [3.05, 3.63) is 53.0 Å². The van der Waals surface area contributed by atoms with Gasteiger partial charge in [0.1, 0.15) is 5.69 Å². The summed E-state index contributed by atoms with van der Waals surface area (Å²) in [5.41, 5.74) is 1.06. The fourth-order valence-electron chi connectivity index (χ4n) is 2.57. The molecule has 8 nitrogen and oxygen atoms in total. The van der Waals surface area contributed by atoms with Gasteiger partial charge in [0.05, 0.1) is 19.3 Å². The maximum Gasteiger partial charge on any atom is 0.455 e. The number of nitrogens with one attached hydrogen (secondary N) is 1. The van der Waals surface area contributed by atoms with E-state index in [-0.39, 0.29) is 5.82 Å². The molecule has 0 radical (unpaired) electrons. The summed E-state index contributed by atoms with van der Waals surface area (Å²) in [7, 11) is 0. The second-order valence-electron chi connectivity index (χ2n) is 6.86. The van der Waals surface area contributed by atoms with Crippen LogP contribution >= 0.6 is 11.6 Å². The zero-order chi connectivity index (χ0) is 22.0. The number of amides is 1. The van der Waals surface area contributed by atoms with E-state index in [1.54, 1.807) is 24.3 Å². The molecule has 12 heteroatoms. The van der Waals surface area contributed by atoms with Crippen LogP contribution in [0.15, 0.2) is 35.0 Å². The van der Waals surface area contributed by atoms with Crippen LogP contribution in [0.3, 0.4) is 0 Å². The normalized spacial score (nSPS) is 13.8. The van der Waals surface area contributed by atoms with E-state index in [2.05, 4.69) is 29.9 Å². The summed E-state index contributed by atoms with van der Waals surface area (Å²) in [6.07, 6.45) is -1.14. The van der Waals surface area contributed by atoms with Crippen molar-refractivity contribution in [3.63, 3.8) is 0 Å². The first-order chi connectivity index (χ1) is 14.8. The minimum absolute atomic E-state index is 0.195. The molecule has 1 N–H and O–H groups in total. The largest absolute Gasteiger partial charge is 0.489 e. The molecule has 1 aliphatic carbocycles. The molecule has 1 fully saturated rings. The molecule has 0 saturated heterocycles. The molecule has 31 heavy (non-hydrogen) atoms. The van der Waals surface area contributed by atoms with E-state index in [4.69, 9.17) is 16.3 Å². The van der Waals surface area contributed by atoms with Crippen molar-refractivity contribution in [1.29, 1.82) is 0 Å². The van der Waals surface area contributed by atoms with Gasteiger partial charge in [-0.3, -0.25) is 4.79 Å². The smallest absolute Gasteiger partial charge is 0.455 e. The van der Waals surface area contributed by atoms with E-state index >= 15 is 0 Å². The molecular weight excluding hydrogens is 439 g/mol. The molecule has 0 atom stereocenters. The van der Waals surface area contributed by atoms with Crippen molar-refractivity contribution < 1.29 is 27.2 Å². The average Bonchev–Trinajstić information content (AvgIpc) is 3.44. The first kappa shape index (κ1) is 21.0. The number of hydrogen-bond donors (Lipinski definition) is 1. The monoisotopic (exact) mass is 453 g/mol. The van der Waals surface area contributed by atoms with E-state index in [1.165, 1.54) is 6.20 Å². The van der Waals surface area contributed by atoms with E-state index < -0.39 is 30.3 Å². The van der Waals surface area contributed by atoms with Gasteiger partial charge in [-0.1, -0.05) is 28.9 Å². The predicted octanol–water partition coefficient (Wildman–Crippen LogP) is 3.92. The summed E-state index contributed by atoms with van der Waals surface area (Å²) in [5, 5.41) is 5.72. The van der Waals surface area contributed by atoms with Crippen LogP contribution in [0.25, 0.3) is 11.3 Å². The molecule has 0 bridgehead atoms. The molecule has 0 aliphatic heterocycles. The first-order valence-electron chi connectivity index (χ1n) is 9.23. The molecule has 0 spiro atoms. The molecule has 1 saturated carbocycles. The Morgan fingerprint density at radius 2 is 1.97 bits per heavy atom. The summed E-state index contributed by atoms with van der Waals surface area (Å²) in [5.74, 6) is -1.83. The van der Waals surface area contributed by atoms with E-state index in [0.29, 0.717) is 34.6 Å². The first-order valence-corrected chi connectivity index (χ1v) is 9.61. The van der Waals surface area contributed by atoms with Crippen molar-refractivity contribution in [1.82, 2.24) is 25.4 Å². The lowest BCUT2D eigenvalue weighted by atomic mass is 10.1. The van der Waals surface area contributed by atoms with Gasteiger partial charge in [-0.05, 0) is 30.9 Å². The zero-order valence-corrected chi connectivity index (χ0v) is 16.6. The predicted molar refractivity (Wildman–Crippen MR) is 101 cm³/mol. The molecular formula is C19H15ClF3N5O3. The Kier molecular flexibility index (Phi) is 5.77. The quantitative estimate of drug-likeness (QED) is 0.578. The fourth-order valence-corrected chi connectivity index (χ4v) is 2.70. The Balaban J connectivity index is 1.51. The van der Waals surface area contributed by atoms with Crippen molar-refractivity contribution in [2.75, 3.05) is 6.61 Å². The van der Waals surface area contributed by atoms with E-state index in [9.17, 15) is 18.0 Å². The number of hydrogen-bond acceptors (Lipinski definition) is 7. The third-order valence-electron chi connectivity index (χ3n) is 4.37. The van der Waals surface area contributed by atoms with Crippen molar-refractivity contribution in [2.24, 2.45) is 5.92 Å². The number of alkyl halides is 3. The van der Waals surface area contributed by atoms with Crippen LogP contribution in [0.1, 0.15) is 35.2 Å². The number of carbonyl (C=O) groups is 1. The van der Waals surface area contributed by atoms with Gasteiger partial charge < -0.3 is 14.6 Å². The number of benzene rings is 1. The van der Waals surface area contributed by atoms with Gasteiger partial charge in [0.25, 0.3) is 11.7 Å². The third kappa shape index (κ3) is 5.29. The number of ether oxygens (including phenoxy) is 1. The highest BCUT2D eigenvalue weighted by atomic mass is 35.5. The van der Waals surface area contributed by atoms with Gasteiger partial charge in [-0.25, -0.2) is 9.97 Å². The molecule has 1 amide bonds. The summed E-state index contributed by atoms with van der Waals surface area (Å²) in [4.78, 5) is 23.9. The summed E-state index contributed by atoms with van der Waals surface area (Å²) in [6, 6.07) is 6.81. The average molecular weight is 454 g/mol. The highest BCUT2D eigenvalue weighted by Crippen LogP contribution is 2.33. The van der Waals surface area contributed by atoms with Crippen LogP contribution in [-0.2, 0) is 12.7 Å². The Labute approximate surface area is 178 Å². The third-order valence-corrected chi connectivity index (χ3v) is 4.62. The Hall–Kier alpha value is -3.21. The van der Waals surface area contributed by atoms with Crippen LogP contribution in [0, 0.1) is 5.92 Å². The molecule has 1 aliphatic rings. The van der Waals surface area contributed by atoms with Crippen LogP contribution < -0.4 is 10.1 Å². The molecule has 0 unspecified atom stereocenters.